The Balaban J connectivity index is 1.76. The molecule has 3 heterocycles. The van der Waals surface area contributed by atoms with Crippen LogP contribution in [0.1, 0.15) is 43.3 Å². The van der Waals surface area contributed by atoms with Crippen LogP contribution in [0.25, 0.3) is 5.82 Å². The van der Waals surface area contributed by atoms with E-state index < -0.39 is 15.8 Å². The molecule has 0 aromatic carbocycles. The van der Waals surface area contributed by atoms with Gasteiger partial charge in [-0.25, -0.2) is 18.5 Å². The Labute approximate surface area is 159 Å². The Bertz CT molecular complexity index is 985. The highest BCUT2D eigenvalue weighted by Gasteiger charge is 2.32. The smallest absolute Gasteiger partial charge is 0.244 e. The van der Waals surface area contributed by atoms with E-state index in [9.17, 15) is 13.2 Å². The molecule has 1 fully saturated rings. The number of amides is 1. The number of sulfone groups is 1. The van der Waals surface area contributed by atoms with Crippen LogP contribution in [0.2, 0.25) is 0 Å². The second-order valence-electron chi connectivity index (χ2n) is 7.22. The van der Waals surface area contributed by atoms with Gasteiger partial charge in [-0.15, -0.1) is 0 Å². The molecule has 2 aromatic heterocycles. The SMILES string of the molecule is Cc1cc(/C=N\NC(=O)[C@H]2CCS(=O)(=O)C2)c(C)n1-c1ccnn1C(C)C. The van der Waals surface area contributed by atoms with Gasteiger partial charge < -0.3 is 4.57 Å². The van der Waals surface area contributed by atoms with Gasteiger partial charge in [-0.2, -0.15) is 10.2 Å². The van der Waals surface area contributed by atoms with Crippen molar-refractivity contribution in [1.29, 1.82) is 0 Å². The van der Waals surface area contributed by atoms with E-state index in [2.05, 4.69) is 34.0 Å². The molecule has 0 bridgehead atoms. The number of hydrogen-bond donors (Lipinski definition) is 1. The molecule has 9 heteroatoms. The van der Waals surface area contributed by atoms with E-state index in [1.807, 2.05) is 30.7 Å². The molecule has 1 N–H and O–H groups in total. The fraction of sp³-hybridized carbons (Fsp3) is 0.500. The molecule has 0 saturated carbocycles. The van der Waals surface area contributed by atoms with E-state index in [1.54, 1.807) is 12.4 Å². The molecule has 8 nitrogen and oxygen atoms in total. The number of carbonyl (C=O) groups is 1. The highest BCUT2D eigenvalue weighted by atomic mass is 32.2. The lowest BCUT2D eigenvalue weighted by molar-refractivity contribution is -0.124. The number of hydrogen-bond acceptors (Lipinski definition) is 5. The van der Waals surface area contributed by atoms with E-state index in [1.165, 1.54) is 0 Å². The van der Waals surface area contributed by atoms with Crippen LogP contribution >= 0.6 is 0 Å². The van der Waals surface area contributed by atoms with Crippen LogP contribution in [0.5, 0.6) is 0 Å². The number of aryl methyl sites for hydroxylation is 1. The van der Waals surface area contributed by atoms with Crippen molar-refractivity contribution in [3.05, 3.63) is 35.3 Å². The lowest BCUT2D eigenvalue weighted by atomic mass is 10.1. The third kappa shape index (κ3) is 3.97. The topological polar surface area (TPSA) is 98.3 Å². The number of nitrogens with zero attached hydrogens (tertiary/aromatic N) is 4. The molecule has 1 aliphatic rings. The molecule has 0 aliphatic carbocycles. The summed E-state index contributed by atoms with van der Waals surface area (Å²) < 4.78 is 27.0. The van der Waals surface area contributed by atoms with Crippen molar-refractivity contribution in [1.82, 2.24) is 19.8 Å². The summed E-state index contributed by atoms with van der Waals surface area (Å²) in [5, 5.41) is 8.41. The highest BCUT2D eigenvalue weighted by molar-refractivity contribution is 7.91. The van der Waals surface area contributed by atoms with Gasteiger partial charge in [-0.05, 0) is 40.2 Å². The van der Waals surface area contributed by atoms with Gasteiger partial charge in [0, 0.05) is 29.1 Å². The third-order valence-corrected chi connectivity index (χ3v) is 6.59. The summed E-state index contributed by atoms with van der Waals surface area (Å²) in [5.41, 5.74) is 5.36. The molecular formula is C18H25N5O3S. The summed E-state index contributed by atoms with van der Waals surface area (Å²) in [7, 11) is -3.09. The number of hydrazone groups is 1. The molecule has 1 amide bonds. The minimum atomic E-state index is -3.09. The lowest BCUT2D eigenvalue weighted by Gasteiger charge is -2.15. The van der Waals surface area contributed by atoms with Gasteiger partial charge in [-0.1, -0.05) is 0 Å². The lowest BCUT2D eigenvalue weighted by Crippen LogP contribution is -2.27. The predicted octanol–water partition coefficient (Wildman–Crippen LogP) is 1.76. The maximum atomic E-state index is 12.1. The van der Waals surface area contributed by atoms with Gasteiger partial charge in [0.1, 0.15) is 5.82 Å². The van der Waals surface area contributed by atoms with E-state index >= 15 is 0 Å². The minimum Gasteiger partial charge on any atom is -0.303 e. The first kappa shape index (κ1) is 19.3. The molecule has 1 atom stereocenters. The Hall–Kier alpha value is -2.42. The Morgan fingerprint density at radius 2 is 2.15 bits per heavy atom. The maximum absolute atomic E-state index is 12.1. The van der Waals surface area contributed by atoms with Gasteiger partial charge in [0.05, 0.1) is 29.8 Å². The van der Waals surface area contributed by atoms with Crippen LogP contribution in [0.3, 0.4) is 0 Å². The number of carbonyl (C=O) groups excluding carboxylic acids is 1. The van der Waals surface area contributed by atoms with Crippen molar-refractivity contribution in [2.24, 2.45) is 11.0 Å². The van der Waals surface area contributed by atoms with Crippen LogP contribution in [0, 0.1) is 19.8 Å². The first-order valence-electron chi connectivity index (χ1n) is 8.96. The Morgan fingerprint density at radius 1 is 1.41 bits per heavy atom. The first-order valence-corrected chi connectivity index (χ1v) is 10.8. The fourth-order valence-electron chi connectivity index (χ4n) is 3.41. The van der Waals surface area contributed by atoms with E-state index in [0.29, 0.717) is 6.42 Å². The normalized spacial score (nSPS) is 19.2. The summed E-state index contributed by atoms with van der Waals surface area (Å²) in [6, 6.07) is 4.18. The van der Waals surface area contributed by atoms with Gasteiger partial charge in [0.15, 0.2) is 9.84 Å². The van der Waals surface area contributed by atoms with Crippen molar-refractivity contribution >= 4 is 22.0 Å². The van der Waals surface area contributed by atoms with Crippen molar-refractivity contribution in [2.45, 2.75) is 40.2 Å². The molecule has 146 valence electrons. The van der Waals surface area contributed by atoms with E-state index in [4.69, 9.17) is 0 Å². The van der Waals surface area contributed by atoms with Crippen molar-refractivity contribution in [3.63, 3.8) is 0 Å². The van der Waals surface area contributed by atoms with Crippen LogP contribution < -0.4 is 5.43 Å². The summed E-state index contributed by atoms with van der Waals surface area (Å²) in [5.74, 6) is 0.0838. The van der Waals surface area contributed by atoms with Crippen LogP contribution in [0.15, 0.2) is 23.4 Å². The molecule has 2 aromatic rings. The summed E-state index contributed by atoms with van der Waals surface area (Å²) in [4.78, 5) is 12.1. The molecule has 27 heavy (non-hydrogen) atoms. The summed E-state index contributed by atoms with van der Waals surface area (Å²) >= 11 is 0. The number of nitrogens with one attached hydrogen (secondary N) is 1. The van der Waals surface area contributed by atoms with Crippen LogP contribution in [0.4, 0.5) is 0 Å². The minimum absolute atomic E-state index is 0.0689. The van der Waals surface area contributed by atoms with Gasteiger partial charge in [-0.3, -0.25) is 4.79 Å². The molecule has 0 unspecified atom stereocenters. The zero-order valence-corrected chi connectivity index (χ0v) is 16.8. The first-order chi connectivity index (χ1) is 12.7. The number of aromatic nitrogens is 3. The van der Waals surface area contributed by atoms with E-state index in [0.717, 1.165) is 22.8 Å². The van der Waals surface area contributed by atoms with Gasteiger partial charge in [0.2, 0.25) is 5.91 Å². The van der Waals surface area contributed by atoms with Crippen molar-refractivity contribution < 1.29 is 13.2 Å². The van der Waals surface area contributed by atoms with Gasteiger partial charge in [0.25, 0.3) is 0 Å². The summed E-state index contributed by atoms with van der Waals surface area (Å²) in [6.45, 7) is 8.14. The molecule has 0 radical (unpaired) electrons. The number of rotatable bonds is 5. The standard InChI is InChI=1S/C18H25N5O3S/c1-12(2)23-17(5-7-20-23)22-13(3)9-16(14(22)4)10-19-21-18(24)15-6-8-27(25,26)11-15/h5,7,9-10,12,15H,6,8,11H2,1-4H3,(H,21,24)/b19-10-/t15-/m0/s1. The second kappa shape index (κ2) is 7.30. The molecule has 1 aliphatic heterocycles. The Morgan fingerprint density at radius 3 is 2.78 bits per heavy atom. The average molecular weight is 391 g/mol. The Kier molecular flexibility index (Phi) is 5.23. The largest absolute Gasteiger partial charge is 0.303 e. The third-order valence-electron chi connectivity index (χ3n) is 4.82. The molecular weight excluding hydrogens is 366 g/mol. The zero-order valence-electron chi connectivity index (χ0n) is 16.0. The van der Waals surface area contributed by atoms with Crippen molar-refractivity contribution in [2.75, 3.05) is 11.5 Å². The van der Waals surface area contributed by atoms with Crippen molar-refractivity contribution in [3.8, 4) is 5.82 Å². The second-order valence-corrected chi connectivity index (χ2v) is 9.45. The predicted molar refractivity (Wildman–Crippen MR) is 104 cm³/mol. The maximum Gasteiger partial charge on any atom is 0.244 e. The van der Waals surface area contributed by atoms with Crippen LogP contribution in [-0.2, 0) is 14.6 Å². The summed E-state index contributed by atoms with van der Waals surface area (Å²) in [6.07, 6.45) is 3.73. The molecule has 3 rings (SSSR count). The average Bonchev–Trinajstić information content (AvgIpc) is 3.26. The zero-order chi connectivity index (χ0) is 19.8. The van der Waals surface area contributed by atoms with Gasteiger partial charge >= 0.3 is 0 Å². The molecule has 0 spiro atoms. The monoisotopic (exact) mass is 391 g/mol. The molecule has 1 saturated heterocycles. The van der Waals surface area contributed by atoms with Crippen LogP contribution in [-0.4, -0.2) is 46.4 Å². The quantitative estimate of drug-likeness (QED) is 0.620. The van der Waals surface area contributed by atoms with E-state index in [-0.39, 0.29) is 23.5 Å². The fourth-order valence-corrected chi connectivity index (χ4v) is 5.15. The highest BCUT2D eigenvalue weighted by Crippen LogP contribution is 2.22.